The van der Waals surface area contributed by atoms with Gasteiger partial charge in [0.1, 0.15) is 5.75 Å². The topological polar surface area (TPSA) is 64.3 Å². The number of carbonyl (C=O) groups is 1. The second-order valence-corrected chi connectivity index (χ2v) is 4.35. The second-order valence-electron chi connectivity index (χ2n) is 3.44. The minimum Gasteiger partial charge on any atom is -0.496 e. The predicted octanol–water partition coefficient (Wildman–Crippen LogP) is 1.75. The molecule has 0 aliphatic rings. The van der Waals surface area contributed by atoms with E-state index in [-0.39, 0.29) is 16.9 Å². The van der Waals surface area contributed by atoms with Crippen molar-refractivity contribution in [2.45, 2.75) is 13.0 Å². The molecule has 1 unspecified atom stereocenters. The van der Waals surface area contributed by atoms with Crippen molar-refractivity contribution in [3.05, 3.63) is 28.8 Å². The minimum atomic E-state index is -0.377. The lowest BCUT2D eigenvalue weighted by Gasteiger charge is -2.14. The number of hydrogen-bond acceptors (Lipinski definition) is 3. The van der Waals surface area contributed by atoms with E-state index >= 15 is 0 Å². The van der Waals surface area contributed by atoms with Gasteiger partial charge in [-0.25, -0.2) is 0 Å². The van der Waals surface area contributed by atoms with E-state index < -0.39 is 0 Å². The SMILES string of the molecule is COc1cc(Cl)ccc1C(=O)NC(C)C(N)=S. The molecule has 0 fully saturated rings. The van der Waals surface area contributed by atoms with Gasteiger partial charge < -0.3 is 15.8 Å². The number of carbonyl (C=O) groups excluding carboxylic acids is 1. The fourth-order valence-electron chi connectivity index (χ4n) is 1.20. The van der Waals surface area contributed by atoms with Gasteiger partial charge in [-0.05, 0) is 25.1 Å². The normalized spacial score (nSPS) is 11.7. The zero-order chi connectivity index (χ0) is 13.0. The molecule has 1 rings (SSSR count). The Bertz CT molecular complexity index is 451. The summed E-state index contributed by atoms with van der Waals surface area (Å²) in [5, 5.41) is 3.16. The van der Waals surface area contributed by atoms with E-state index in [1.807, 2.05) is 0 Å². The summed E-state index contributed by atoms with van der Waals surface area (Å²) >= 11 is 10.6. The highest BCUT2D eigenvalue weighted by molar-refractivity contribution is 7.80. The van der Waals surface area contributed by atoms with Crippen molar-refractivity contribution in [1.82, 2.24) is 5.32 Å². The molecule has 6 heteroatoms. The van der Waals surface area contributed by atoms with Gasteiger partial charge in [0, 0.05) is 5.02 Å². The van der Waals surface area contributed by atoms with Crippen LogP contribution in [-0.2, 0) is 0 Å². The first-order valence-corrected chi connectivity index (χ1v) is 5.68. The Balaban J connectivity index is 2.92. The zero-order valence-corrected chi connectivity index (χ0v) is 11.1. The Labute approximate surface area is 110 Å². The Morgan fingerprint density at radius 3 is 2.76 bits per heavy atom. The smallest absolute Gasteiger partial charge is 0.255 e. The molecule has 0 radical (unpaired) electrons. The number of ether oxygens (including phenoxy) is 1. The van der Waals surface area contributed by atoms with Crippen LogP contribution in [0.15, 0.2) is 18.2 Å². The van der Waals surface area contributed by atoms with Crippen LogP contribution in [0.4, 0.5) is 0 Å². The number of rotatable bonds is 4. The molecule has 92 valence electrons. The number of benzene rings is 1. The number of nitrogens with two attached hydrogens (primary N) is 1. The molecule has 1 amide bonds. The van der Waals surface area contributed by atoms with E-state index in [0.717, 1.165) is 0 Å². The number of halogens is 1. The summed E-state index contributed by atoms with van der Waals surface area (Å²) < 4.78 is 5.08. The average molecular weight is 273 g/mol. The van der Waals surface area contributed by atoms with Crippen molar-refractivity contribution in [2.24, 2.45) is 5.73 Å². The van der Waals surface area contributed by atoms with E-state index in [4.69, 9.17) is 34.3 Å². The summed E-state index contributed by atoms with van der Waals surface area (Å²) in [5.41, 5.74) is 5.81. The third kappa shape index (κ3) is 3.57. The summed E-state index contributed by atoms with van der Waals surface area (Å²) in [4.78, 5) is 12.1. The van der Waals surface area contributed by atoms with Gasteiger partial charge in [-0.3, -0.25) is 4.79 Å². The van der Waals surface area contributed by atoms with Crippen LogP contribution >= 0.6 is 23.8 Å². The van der Waals surface area contributed by atoms with E-state index in [1.54, 1.807) is 25.1 Å². The molecule has 1 atom stereocenters. The van der Waals surface area contributed by atoms with Crippen LogP contribution in [0.1, 0.15) is 17.3 Å². The number of amides is 1. The molecule has 4 nitrogen and oxygen atoms in total. The molecule has 0 bridgehead atoms. The van der Waals surface area contributed by atoms with Crippen molar-refractivity contribution in [3.63, 3.8) is 0 Å². The first kappa shape index (κ1) is 13.7. The number of thiocarbonyl (C=S) groups is 1. The number of nitrogens with one attached hydrogen (secondary N) is 1. The molecule has 0 aromatic heterocycles. The monoisotopic (exact) mass is 272 g/mol. The van der Waals surface area contributed by atoms with Crippen molar-refractivity contribution >= 4 is 34.7 Å². The highest BCUT2D eigenvalue weighted by atomic mass is 35.5. The molecule has 3 N–H and O–H groups in total. The van der Waals surface area contributed by atoms with Crippen LogP contribution in [0, 0.1) is 0 Å². The molecule has 0 aliphatic carbocycles. The van der Waals surface area contributed by atoms with Gasteiger partial charge in [0.05, 0.1) is 23.7 Å². The predicted molar refractivity (Wildman–Crippen MR) is 71.7 cm³/mol. The van der Waals surface area contributed by atoms with E-state index in [9.17, 15) is 4.79 Å². The maximum absolute atomic E-state index is 11.9. The Kier molecular flexibility index (Phi) is 4.72. The first-order valence-electron chi connectivity index (χ1n) is 4.89. The molecule has 17 heavy (non-hydrogen) atoms. The van der Waals surface area contributed by atoms with Crippen LogP contribution in [0.2, 0.25) is 5.02 Å². The lowest BCUT2D eigenvalue weighted by molar-refractivity contribution is 0.0946. The van der Waals surface area contributed by atoms with Crippen molar-refractivity contribution < 1.29 is 9.53 Å². The molecular weight excluding hydrogens is 260 g/mol. The number of methoxy groups -OCH3 is 1. The standard InChI is InChI=1S/C11H13ClN2O2S/c1-6(10(13)17)14-11(15)8-4-3-7(12)5-9(8)16-2/h3-6H,1-2H3,(H2,13,17)(H,14,15). The van der Waals surface area contributed by atoms with Crippen molar-refractivity contribution in [1.29, 1.82) is 0 Å². The highest BCUT2D eigenvalue weighted by Gasteiger charge is 2.15. The highest BCUT2D eigenvalue weighted by Crippen LogP contribution is 2.22. The lowest BCUT2D eigenvalue weighted by atomic mass is 10.1. The molecule has 0 spiro atoms. The van der Waals surface area contributed by atoms with Gasteiger partial charge in [0.15, 0.2) is 0 Å². The summed E-state index contributed by atoms with van der Waals surface area (Å²) in [6, 6.07) is 4.40. The maximum Gasteiger partial charge on any atom is 0.255 e. The van der Waals surface area contributed by atoms with Crippen molar-refractivity contribution in [3.8, 4) is 5.75 Å². The quantitative estimate of drug-likeness (QED) is 0.820. The third-order valence-corrected chi connectivity index (χ3v) is 2.77. The molecule has 1 aromatic carbocycles. The molecule has 1 aromatic rings. The summed E-state index contributed by atoms with van der Waals surface area (Å²) in [7, 11) is 1.47. The van der Waals surface area contributed by atoms with Crippen LogP contribution in [0.5, 0.6) is 5.75 Å². The van der Waals surface area contributed by atoms with E-state index in [0.29, 0.717) is 16.3 Å². The molecule has 0 saturated heterocycles. The third-order valence-electron chi connectivity index (χ3n) is 2.18. The Morgan fingerprint density at radius 2 is 2.24 bits per heavy atom. The van der Waals surface area contributed by atoms with Crippen LogP contribution in [-0.4, -0.2) is 24.0 Å². The van der Waals surface area contributed by atoms with Gasteiger partial charge >= 0.3 is 0 Å². The second kappa shape index (κ2) is 5.84. The van der Waals surface area contributed by atoms with Crippen molar-refractivity contribution in [2.75, 3.05) is 7.11 Å². The first-order chi connectivity index (χ1) is 7.95. The molecule has 0 saturated carbocycles. The fourth-order valence-corrected chi connectivity index (χ4v) is 1.42. The molecular formula is C11H13ClN2O2S. The largest absolute Gasteiger partial charge is 0.496 e. The molecule has 0 aliphatic heterocycles. The summed E-state index contributed by atoms with van der Waals surface area (Å²) in [5.74, 6) is 0.101. The van der Waals surface area contributed by atoms with Crippen LogP contribution < -0.4 is 15.8 Å². The van der Waals surface area contributed by atoms with Gasteiger partial charge in [0.2, 0.25) is 0 Å². The van der Waals surface area contributed by atoms with E-state index in [2.05, 4.69) is 5.32 Å². The van der Waals surface area contributed by atoms with Crippen LogP contribution in [0.3, 0.4) is 0 Å². The van der Waals surface area contributed by atoms with Crippen LogP contribution in [0.25, 0.3) is 0 Å². The minimum absolute atomic E-state index is 0.228. The Hall–Kier alpha value is -1.33. The van der Waals surface area contributed by atoms with E-state index in [1.165, 1.54) is 7.11 Å². The summed E-state index contributed by atoms with van der Waals surface area (Å²) in [6.45, 7) is 1.71. The lowest BCUT2D eigenvalue weighted by Crippen LogP contribution is -2.41. The summed E-state index contributed by atoms with van der Waals surface area (Å²) in [6.07, 6.45) is 0. The zero-order valence-electron chi connectivity index (χ0n) is 9.49. The van der Waals surface area contributed by atoms with Gasteiger partial charge in [-0.15, -0.1) is 0 Å². The number of hydrogen-bond donors (Lipinski definition) is 2. The maximum atomic E-state index is 11.9. The average Bonchev–Trinajstić information content (AvgIpc) is 2.28. The van der Waals surface area contributed by atoms with Gasteiger partial charge in [-0.1, -0.05) is 23.8 Å². The molecule has 0 heterocycles. The van der Waals surface area contributed by atoms with Gasteiger partial charge in [-0.2, -0.15) is 0 Å². The fraction of sp³-hybridized carbons (Fsp3) is 0.273. The Morgan fingerprint density at radius 1 is 1.59 bits per heavy atom. The van der Waals surface area contributed by atoms with Gasteiger partial charge in [0.25, 0.3) is 5.91 Å².